The Balaban J connectivity index is 3.86. The maximum atomic E-state index is 11.3. The quantitative estimate of drug-likeness (QED) is 0.728. The highest BCUT2D eigenvalue weighted by Crippen LogP contribution is 1.99. The van der Waals surface area contributed by atoms with Gasteiger partial charge in [0.25, 0.3) is 0 Å². The number of ether oxygens (including phenoxy) is 1. The molecule has 0 aliphatic heterocycles. The van der Waals surface area contributed by atoms with Crippen LogP contribution in [0.15, 0.2) is 0 Å². The van der Waals surface area contributed by atoms with Crippen LogP contribution in [0.4, 0.5) is 0 Å². The van der Waals surface area contributed by atoms with Gasteiger partial charge in [0.2, 0.25) is 5.91 Å². The number of hydrogen-bond donors (Lipinski definition) is 1. The van der Waals surface area contributed by atoms with Gasteiger partial charge in [-0.15, -0.1) is 0 Å². The summed E-state index contributed by atoms with van der Waals surface area (Å²) >= 11 is 3.34. The van der Waals surface area contributed by atoms with Gasteiger partial charge in [-0.25, -0.2) is 0 Å². The fourth-order valence-corrected chi connectivity index (χ4v) is 1.45. The number of carbonyl (C=O) groups excluding carboxylic acids is 1. The summed E-state index contributed by atoms with van der Waals surface area (Å²) in [5.74, 6) is 0.123. The van der Waals surface area contributed by atoms with Crippen molar-refractivity contribution in [3.63, 3.8) is 0 Å². The van der Waals surface area contributed by atoms with E-state index in [9.17, 15) is 4.79 Å². The summed E-state index contributed by atoms with van der Waals surface area (Å²) in [7, 11) is 1.64. The van der Waals surface area contributed by atoms with Crippen LogP contribution in [0.3, 0.4) is 0 Å². The molecular formula is C9H18BrNO2. The summed E-state index contributed by atoms with van der Waals surface area (Å²) in [5, 5.41) is 3.80. The standard InChI is InChI=1S/C9H18BrNO2/c1-7(2)9(12)11-8(4-5-10)6-13-3/h7-8H,4-6H2,1-3H3,(H,11,12). The van der Waals surface area contributed by atoms with Gasteiger partial charge in [-0.2, -0.15) is 0 Å². The summed E-state index contributed by atoms with van der Waals surface area (Å²) < 4.78 is 5.00. The number of rotatable bonds is 6. The van der Waals surface area contributed by atoms with E-state index in [1.54, 1.807) is 7.11 Å². The number of halogens is 1. The van der Waals surface area contributed by atoms with Crippen molar-refractivity contribution in [1.82, 2.24) is 5.32 Å². The molecule has 0 bridgehead atoms. The first-order valence-electron chi connectivity index (χ1n) is 4.47. The molecule has 1 atom stereocenters. The summed E-state index contributed by atoms with van der Waals surface area (Å²) in [5.41, 5.74) is 0. The summed E-state index contributed by atoms with van der Waals surface area (Å²) in [4.78, 5) is 11.3. The smallest absolute Gasteiger partial charge is 0.222 e. The van der Waals surface area contributed by atoms with Crippen LogP contribution in [0, 0.1) is 5.92 Å². The molecule has 1 N–H and O–H groups in total. The SMILES string of the molecule is COCC(CCBr)NC(=O)C(C)C. The van der Waals surface area contributed by atoms with Crippen molar-refractivity contribution in [1.29, 1.82) is 0 Å². The Kier molecular flexibility index (Phi) is 7.28. The third-order valence-corrected chi connectivity index (χ3v) is 2.15. The summed E-state index contributed by atoms with van der Waals surface area (Å²) in [6, 6.07) is 0.124. The minimum atomic E-state index is 0.0367. The lowest BCUT2D eigenvalue weighted by Gasteiger charge is -2.18. The van der Waals surface area contributed by atoms with Gasteiger partial charge in [0, 0.05) is 18.4 Å². The van der Waals surface area contributed by atoms with Crippen LogP contribution < -0.4 is 5.32 Å². The number of hydrogen-bond acceptors (Lipinski definition) is 2. The molecule has 0 aromatic rings. The highest BCUT2D eigenvalue weighted by molar-refractivity contribution is 9.09. The van der Waals surface area contributed by atoms with Gasteiger partial charge in [-0.1, -0.05) is 29.8 Å². The molecule has 4 heteroatoms. The molecule has 78 valence electrons. The second kappa shape index (κ2) is 7.33. The summed E-state index contributed by atoms with van der Waals surface area (Å²) in [6.07, 6.45) is 0.895. The van der Waals surface area contributed by atoms with Crippen molar-refractivity contribution in [2.24, 2.45) is 5.92 Å². The lowest BCUT2D eigenvalue weighted by atomic mass is 10.1. The van der Waals surface area contributed by atoms with Gasteiger partial charge >= 0.3 is 0 Å². The molecule has 0 aromatic heterocycles. The van der Waals surface area contributed by atoms with Crippen molar-refractivity contribution in [3.8, 4) is 0 Å². The van der Waals surface area contributed by atoms with Gasteiger partial charge in [0.05, 0.1) is 12.6 Å². The molecule has 1 amide bonds. The van der Waals surface area contributed by atoms with E-state index in [4.69, 9.17) is 4.74 Å². The minimum Gasteiger partial charge on any atom is -0.383 e. The molecule has 0 aliphatic rings. The van der Waals surface area contributed by atoms with Gasteiger partial charge < -0.3 is 10.1 Å². The van der Waals surface area contributed by atoms with E-state index in [0.29, 0.717) is 6.61 Å². The highest BCUT2D eigenvalue weighted by atomic mass is 79.9. The number of alkyl halides is 1. The van der Waals surface area contributed by atoms with Crippen molar-refractivity contribution in [2.75, 3.05) is 19.0 Å². The molecule has 1 unspecified atom stereocenters. The maximum absolute atomic E-state index is 11.3. The van der Waals surface area contributed by atoms with Crippen LogP contribution in [0.2, 0.25) is 0 Å². The molecule has 0 rings (SSSR count). The average Bonchev–Trinajstić information content (AvgIpc) is 2.05. The van der Waals surface area contributed by atoms with Crippen molar-refractivity contribution in [3.05, 3.63) is 0 Å². The predicted octanol–water partition coefficient (Wildman–Crippen LogP) is 1.56. The molecule has 0 fully saturated rings. The fraction of sp³-hybridized carbons (Fsp3) is 0.889. The molecule has 0 aliphatic carbocycles. The second-order valence-corrected chi connectivity index (χ2v) is 4.09. The molecular weight excluding hydrogens is 234 g/mol. The normalized spacial score (nSPS) is 13.0. The fourth-order valence-electron chi connectivity index (χ4n) is 0.898. The number of methoxy groups -OCH3 is 1. The Morgan fingerprint density at radius 1 is 1.54 bits per heavy atom. The van der Waals surface area contributed by atoms with E-state index in [-0.39, 0.29) is 17.9 Å². The van der Waals surface area contributed by atoms with Crippen molar-refractivity contribution < 1.29 is 9.53 Å². The minimum absolute atomic E-state index is 0.0367. The zero-order chi connectivity index (χ0) is 10.3. The second-order valence-electron chi connectivity index (χ2n) is 3.29. The van der Waals surface area contributed by atoms with Gasteiger partial charge in [0.15, 0.2) is 0 Å². The van der Waals surface area contributed by atoms with Crippen LogP contribution >= 0.6 is 15.9 Å². The Bertz CT molecular complexity index is 145. The largest absolute Gasteiger partial charge is 0.383 e. The molecule has 0 radical (unpaired) electrons. The van der Waals surface area contributed by atoms with Crippen LogP contribution in [-0.4, -0.2) is 31.0 Å². The van der Waals surface area contributed by atoms with Crippen molar-refractivity contribution >= 4 is 21.8 Å². The molecule has 3 nitrogen and oxygen atoms in total. The van der Waals surface area contributed by atoms with Crippen molar-refractivity contribution in [2.45, 2.75) is 26.3 Å². The topological polar surface area (TPSA) is 38.3 Å². The number of carbonyl (C=O) groups is 1. The first-order chi connectivity index (χ1) is 6.11. The number of amides is 1. The first-order valence-corrected chi connectivity index (χ1v) is 5.59. The van der Waals surface area contributed by atoms with Gasteiger partial charge in [-0.05, 0) is 6.42 Å². The Hall–Kier alpha value is -0.0900. The lowest BCUT2D eigenvalue weighted by molar-refractivity contribution is -0.125. The van der Waals surface area contributed by atoms with Crippen LogP contribution in [0.25, 0.3) is 0 Å². The average molecular weight is 252 g/mol. The maximum Gasteiger partial charge on any atom is 0.222 e. The highest BCUT2D eigenvalue weighted by Gasteiger charge is 2.13. The predicted molar refractivity (Wildman–Crippen MR) is 57.1 cm³/mol. The third-order valence-electron chi connectivity index (χ3n) is 1.70. The lowest BCUT2D eigenvalue weighted by Crippen LogP contribution is -2.40. The molecule has 0 spiro atoms. The zero-order valence-electron chi connectivity index (χ0n) is 8.47. The zero-order valence-corrected chi connectivity index (χ0v) is 10.1. The van der Waals surface area contributed by atoms with E-state index in [2.05, 4.69) is 21.2 Å². The molecule has 13 heavy (non-hydrogen) atoms. The van der Waals surface area contributed by atoms with Crippen LogP contribution in [0.1, 0.15) is 20.3 Å². The Morgan fingerprint density at radius 3 is 2.54 bits per heavy atom. The van der Waals surface area contributed by atoms with E-state index in [1.807, 2.05) is 13.8 Å². The molecule has 0 saturated carbocycles. The van der Waals surface area contributed by atoms with E-state index in [0.717, 1.165) is 11.8 Å². The Labute approximate surface area is 88.4 Å². The number of nitrogens with one attached hydrogen (secondary N) is 1. The first kappa shape index (κ1) is 12.9. The Morgan fingerprint density at radius 2 is 2.15 bits per heavy atom. The molecule has 0 saturated heterocycles. The van der Waals surface area contributed by atoms with Gasteiger partial charge in [0.1, 0.15) is 0 Å². The monoisotopic (exact) mass is 251 g/mol. The van der Waals surface area contributed by atoms with E-state index < -0.39 is 0 Å². The van der Waals surface area contributed by atoms with Gasteiger partial charge in [-0.3, -0.25) is 4.79 Å². The van der Waals surface area contributed by atoms with E-state index in [1.165, 1.54) is 0 Å². The molecule has 0 heterocycles. The van der Waals surface area contributed by atoms with E-state index >= 15 is 0 Å². The third kappa shape index (κ3) is 6.05. The van der Waals surface area contributed by atoms with Crippen LogP contribution in [-0.2, 0) is 9.53 Å². The van der Waals surface area contributed by atoms with Crippen LogP contribution in [0.5, 0.6) is 0 Å². The molecule has 0 aromatic carbocycles. The summed E-state index contributed by atoms with van der Waals surface area (Å²) in [6.45, 7) is 4.34.